The standard InChI is InChI=1S/C23H35N3O4S.2C2H4O2/c1-31(29,30)26-21-16-20(12-13-22(21)27)23(28)17-25-15-5-3-7-19-10-8-18(9-11-19)6-2-4-14-24;2*1-2(3)4/h8-13,16,23,25-28H,2-7,14-15,17,24H2,1H3;2*1H3,(H,3,4). The van der Waals surface area contributed by atoms with Crippen LogP contribution in [-0.2, 0) is 32.5 Å². The zero-order chi connectivity index (χ0) is 29.8. The molecule has 0 saturated heterocycles. The monoisotopic (exact) mass is 569 g/mol. The van der Waals surface area contributed by atoms with Crippen molar-refractivity contribution in [2.24, 2.45) is 5.73 Å². The van der Waals surface area contributed by atoms with Crippen LogP contribution in [0.25, 0.3) is 0 Å². The van der Waals surface area contributed by atoms with Crippen molar-refractivity contribution in [2.45, 2.75) is 58.5 Å². The largest absolute Gasteiger partial charge is 0.506 e. The number of aryl methyl sites for hydroxylation is 2. The molecule has 1 atom stereocenters. The SMILES string of the molecule is CC(=O)O.CC(=O)O.CS(=O)(=O)Nc1cc(C(O)CNCCCCc2ccc(CCCCN)cc2)ccc1O. The van der Waals surface area contributed by atoms with Crippen LogP contribution in [0.3, 0.4) is 0 Å². The predicted octanol–water partition coefficient (Wildman–Crippen LogP) is 2.87. The average Bonchev–Trinajstić information content (AvgIpc) is 2.82. The number of aliphatic carboxylic acids is 2. The van der Waals surface area contributed by atoms with Crippen LogP contribution in [0.2, 0.25) is 0 Å². The summed E-state index contributed by atoms with van der Waals surface area (Å²) in [5, 5.41) is 38.2. The number of hydrogen-bond donors (Lipinski definition) is 7. The molecular weight excluding hydrogens is 526 g/mol. The van der Waals surface area contributed by atoms with Crippen molar-refractivity contribution in [3.8, 4) is 5.75 Å². The van der Waals surface area contributed by atoms with Crippen LogP contribution in [0, 0.1) is 0 Å². The van der Waals surface area contributed by atoms with Crippen molar-refractivity contribution < 1.29 is 38.4 Å². The van der Waals surface area contributed by atoms with Crippen LogP contribution in [0.5, 0.6) is 5.75 Å². The Kier molecular flexibility index (Phi) is 18.2. The van der Waals surface area contributed by atoms with Crippen LogP contribution >= 0.6 is 0 Å². The lowest BCUT2D eigenvalue weighted by Crippen LogP contribution is -2.22. The molecule has 0 aliphatic heterocycles. The minimum atomic E-state index is -3.51. The lowest BCUT2D eigenvalue weighted by Gasteiger charge is -2.15. The fourth-order valence-electron chi connectivity index (χ4n) is 3.32. The number of unbranched alkanes of at least 4 members (excludes halogenated alkanes) is 2. The molecule has 0 bridgehead atoms. The Balaban J connectivity index is 0.00000159. The van der Waals surface area contributed by atoms with E-state index < -0.39 is 28.1 Å². The second-order valence-electron chi connectivity index (χ2n) is 8.93. The fourth-order valence-corrected chi connectivity index (χ4v) is 3.89. The molecule has 0 aliphatic carbocycles. The number of hydrogen-bond acceptors (Lipinski definition) is 8. The molecular formula is C27H43N3O8S. The van der Waals surface area contributed by atoms with E-state index in [1.54, 1.807) is 6.07 Å². The van der Waals surface area contributed by atoms with E-state index in [9.17, 15) is 18.6 Å². The zero-order valence-corrected chi connectivity index (χ0v) is 23.7. The number of aromatic hydroxyl groups is 1. The second-order valence-corrected chi connectivity index (χ2v) is 10.7. The maximum Gasteiger partial charge on any atom is 0.300 e. The molecule has 11 nitrogen and oxygen atoms in total. The van der Waals surface area contributed by atoms with Gasteiger partial charge in [-0.25, -0.2) is 8.42 Å². The summed E-state index contributed by atoms with van der Waals surface area (Å²) < 4.78 is 25.0. The molecule has 0 saturated carbocycles. The highest BCUT2D eigenvalue weighted by Gasteiger charge is 2.12. The highest BCUT2D eigenvalue weighted by molar-refractivity contribution is 7.92. The minimum Gasteiger partial charge on any atom is -0.506 e. The molecule has 0 radical (unpaired) electrons. The number of nitrogens with two attached hydrogens (primary N) is 1. The lowest BCUT2D eigenvalue weighted by atomic mass is 10.0. The summed E-state index contributed by atoms with van der Waals surface area (Å²) in [6.45, 7) is 4.04. The Bertz CT molecular complexity index is 1070. The van der Waals surface area contributed by atoms with Crippen molar-refractivity contribution in [2.75, 3.05) is 30.6 Å². The molecule has 2 aromatic rings. The third-order valence-corrected chi connectivity index (χ3v) is 5.64. The van der Waals surface area contributed by atoms with Gasteiger partial charge in [-0.1, -0.05) is 30.3 Å². The number of sulfonamides is 1. The van der Waals surface area contributed by atoms with Crippen molar-refractivity contribution in [3.05, 3.63) is 59.2 Å². The number of aliphatic hydroxyl groups is 1. The predicted molar refractivity (Wildman–Crippen MR) is 152 cm³/mol. The molecule has 220 valence electrons. The Morgan fingerprint density at radius 3 is 1.85 bits per heavy atom. The zero-order valence-electron chi connectivity index (χ0n) is 22.9. The van der Waals surface area contributed by atoms with Gasteiger partial charge in [-0.3, -0.25) is 14.3 Å². The summed E-state index contributed by atoms with van der Waals surface area (Å²) >= 11 is 0. The fraction of sp³-hybridized carbons (Fsp3) is 0.481. The van der Waals surface area contributed by atoms with Gasteiger partial charge in [0.2, 0.25) is 10.0 Å². The van der Waals surface area contributed by atoms with Crippen molar-refractivity contribution in [3.63, 3.8) is 0 Å². The number of benzene rings is 2. The van der Waals surface area contributed by atoms with Gasteiger partial charge in [0.05, 0.1) is 18.0 Å². The van der Waals surface area contributed by atoms with Crippen molar-refractivity contribution in [1.29, 1.82) is 0 Å². The van der Waals surface area contributed by atoms with E-state index in [1.165, 1.54) is 23.3 Å². The third kappa shape index (κ3) is 20.4. The number of carboxylic acids is 2. The van der Waals surface area contributed by atoms with Crippen LogP contribution in [-0.4, -0.2) is 66.7 Å². The van der Waals surface area contributed by atoms with Gasteiger partial charge in [-0.15, -0.1) is 0 Å². The number of phenols is 1. The lowest BCUT2D eigenvalue weighted by molar-refractivity contribution is -0.135. The number of nitrogens with one attached hydrogen (secondary N) is 2. The quantitative estimate of drug-likeness (QED) is 0.131. The molecule has 2 rings (SSSR count). The molecule has 0 spiro atoms. The molecule has 2 aromatic carbocycles. The summed E-state index contributed by atoms with van der Waals surface area (Å²) in [4.78, 5) is 18.0. The first kappa shape index (κ1) is 35.8. The Hall–Kier alpha value is -3.19. The summed E-state index contributed by atoms with van der Waals surface area (Å²) in [6, 6.07) is 13.2. The first-order valence-corrected chi connectivity index (χ1v) is 14.5. The number of rotatable bonds is 14. The van der Waals surface area contributed by atoms with Gasteiger partial charge >= 0.3 is 0 Å². The summed E-state index contributed by atoms with van der Waals surface area (Å²) in [5.74, 6) is -1.85. The first-order valence-electron chi connectivity index (χ1n) is 12.6. The van der Waals surface area contributed by atoms with E-state index >= 15 is 0 Å². The van der Waals surface area contributed by atoms with E-state index in [1.807, 2.05) is 0 Å². The molecule has 1 unspecified atom stereocenters. The Morgan fingerprint density at radius 2 is 1.38 bits per heavy atom. The van der Waals surface area contributed by atoms with Gasteiger partial charge in [0, 0.05) is 20.4 Å². The van der Waals surface area contributed by atoms with Gasteiger partial charge in [-0.2, -0.15) is 0 Å². The summed E-state index contributed by atoms with van der Waals surface area (Å²) in [7, 11) is -3.51. The van der Waals surface area contributed by atoms with Crippen molar-refractivity contribution in [1.82, 2.24) is 5.32 Å². The second kappa shape index (κ2) is 19.8. The van der Waals surface area contributed by atoms with Gasteiger partial charge in [-0.05, 0) is 80.4 Å². The van der Waals surface area contributed by atoms with Crippen LogP contribution in [0.15, 0.2) is 42.5 Å². The normalized spacial score (nSPS) is 11.3. The van der Waals surface area contributed by atoms with Crippen LogP contribution < -0.4 is 15.8 Å². The number of anilines is 1. The van der Waals surface area contributed by atoms with Gasteiger partial charge in [0.1, 0.15) is 5.75 Å². The summed E-state index contributed by atoms with van der Waals surface area (Å²) in [5.41, 5.74) is 8.81. The highest BCUT2D eigenvalue weighted by Crippen LogP contribution is 2.27. The first-order chi connectivity index (χ1) is 18.2. The number of aliphatic hydroxyl groups excluding tert-OH is 1. The van der Waals surface area contributed by atoms with E-state index in [0.717, 1.165) is 71.7 Å². The number of carboxylic acid groups (broad SMARTS) is 2. The average molecular weight is 570 g/mol. The highest BCUT2D eigenvalue weighted by atomic mass is 32.2. The summed E-state index contributed by atoms with van der Waals surface area (Å²) in [6.07, 6.45) is 6.55. The van der Waals surface area contributed by atoms with Crippen LogP contribution in [0.1, 0.15) is 62.3 Å². The van der Waals surface area contributed by atoms with Crippen LogP contribution in [0.4, 0.5) is 5.69 Å². The molecule has 0 fully saturated rings. The van der Waals surface area contributed by atoms with Crippen molar-refractivity contribution >= 4 is 27.6 Å². The number of carbonyl (C=O) groups is 2. The molecule has 0 aliphatic rings. The third-order valence-electron chi connectivity index (χ3n) is 5.05. The molecule has 0 aromatic heterocycles. The van der Waals surface area contributed by atoms with Gasteiger partial charge in [0.15, 0.2) is 0 Å². The molecule has 0 heterocycles. The van der Waals surface area contributed by atoms with Gasteiger partial charge in [0.25, 0.3) is 11.9 Å². The van der Waals surface area contributed by atoms with E-state index in [4.69, 9.17) is 25.5 Å². The Morgan fingerprint density at radius 1 is 0.897 bits per heavy atom. The molecule has 12 heteroatoms. The Labute approximate surface area is 231 Å². The molecule has 8 N–H and O–H groups in total. The van der Waals surface area contributed by atoms with E-state index in [2.05, 4.69) is 34.3 Å². The topological polar surface area (TPSA) is 199 Å². The maximum atomic E-state index is 11.4. The van der Waals surface area contributed by atoms with Gasteiger partial charge < -0.3 is 31.5 Å². The van der Waals surface area contributed by atoms with E-state index in [0.29, 0.717) is 12.1 Å². The molecule has 0 amide bonds. The number of phenolic OH excluding ortho intramolecular Hbond substituents is 1. The smallest absolute Gasteiger partial charge is 0.300 e. The van der Waals surface area contributed by atoms with E-state index in [-0.39, 0.29) is 11.4 Å². The maximum absolute atomic E-state index is 11.4. The minimum absolute atomic E-state index is 0.0597. The molecule has 39 heavy (non-hydrogen) atoms.